The van der Waals surface area contributed by atoms with Crippen LogP contribution in [0, 0.1) is 0 Å². The van der Waals surface area contributed by atoms with Crippen molar-refractivity contribution < 1.29 is 9.47 Å². The van der Waals surface area contributed by atoms with Crippen LogP contribution in [0.2, 0.25) is 0 Å². The maximum atomic E-state index is 5.77. The summed E-state index contributed by atoms with van der Waals surface area (Å²) in [5.41, 5.74) is 3.37. The second-order valence-corrected chi connectivity index (χ2v) is 4.93. The van der Waals surface area contributed by atoms with Crippen LogP contribution in [0.5, 0.6) is 11.5 Å². The van der Waals surface area contributed by atoms with Gasteiger partial charge in [0.1, 0.15) is 11.5 Å². The van der Waals surface area contributed by atoms with Crippen molar-refractivity contribution >= 4 is 0 Å². The van der Waals surface area contributed by atoms with Crippen molar-refractivity contribution in [3.63, 3.8) is 0 Å². The van der Waals surface area contributed by atoms with E-state index in [2.05, 4.69) is 14.9 Å². The number of ether oxygens (including phenoxy) is 2. The number of imidazole rings is 1. The number of rotatable bonds is 5. The van der Waals surface area contributed by atoms with Crippen LogP contribution in [0.15, 0.2) is 24.5 Å². The molecule has 0 aliphatic carbocycles. The molecule has 0 fully saturated rings. The fraction of sp³-hybridized carbons (Fsp3) is 0.438. The topological polar surface area (TPSA) is 48.3 Å². The van der Waals surface area contributed by atoms with Crippen molar-refractivity contribution in [2.45, 2.75) is 26.8 Å². The monoisotopic (exact) mass is 287 g/mol. The van der Waals surface area contributed by atoms with Crippen molar-refractivity contribution in [2.24, 2.45) is 0 Å². The summed E-state index contributed by atoms with van der Waals surface area (Å²) in [5, 5.41) is 3.35. The van der Waals surface area contributed by atoms with E-state index in [1.54, 1.807) is 0 Å². The molecule has 1 aromatic carbocycles. The molecule has 0 bridgehead atoms. The maximum Gasteiger partial charge on any atom is 0.143 e. The van der Waals surface area contributed by atoms with Gasteiger partial charge in [-0.3, -0.25) is 4.57 Å². The average Bonchev–Trinajstić information content (AvgIpc) is 2.93. The number of fused-ring (bicyclic) bond motifs is 1. The predicted octanol–water partition coefficient (Wildman–Crippen LogP) is 2.32. The van der Waals surface area contributed by atoms with Gasteiger partial charge in [-0.25, -0.2) is 4.98 Å². The molecule has 3 rings (SSSR count). The molecule has 0 amide bonds. The molecule has 5 nitrogen and oxygen atoms in total. The Balaban J connectivity index is 2.06. The normalized spacial score (nSPS) is 13.8. The molecule has 5 heteroatoms. The molecule has 2 aromatic rings. The van der Waals surface area contributed by atoms with Gasteiger partial charge in [0.05, 0.1) is 30.9 Å². The van der Waals surface area contributed by atoms with Gasteiger partial charge in [-0.2, -0.15) is 0 Å². The first-order valence-electron chi connectivity index (χ1n) is 7.49. The van der Waals surface area contributed by atoms with E-state index in [4.69, 9.17) is 9.47 Å². The summed E-state index contributed by atoms with van der Waals surface area (Å²) in [7, 11) is 0. The molecular formula is C16H21N3O2. The zero-order valence-corrected chi connectivity index (χ0v) is 12.6. The van der Waals surface area contributed by atoms with Crippen LogP contribution >= 0.6 is 0 Å². The number of aromatic nitrogens is 2. The molecule has 0 unspecified atom stereocenters. The molecule has 2 heterocycles. The SMILES string of the molecule is CCOc1ccc(OCC)c(-n2cnc3c2CCNC3)c1. The molecule has 1 N–H and O–H groups in total. The number of benzene rings is 1. The zero-order chi connectivity index (χ0) is 14.7. The molecule has 0 spiro atoms. The first-order valence-corrected chi connectivity index (χ1v) is 7.49. The van der Waals surface area contributed by atoms with E-state index < -0.39 is 0 Å². The van der Waals surface area contributed by atoms with E-state index >= 15 is 0 Å². The Bertz CT molecular complexity index is 622. The highest BCUT2D eigenvalue weighted by Crippen LogP contribution is 2.30. The van der Waals surface area contributed by atoms with E-state index in [1.807, 2.05) is 38.4 Å². The van der Waals surface area contributed by atoms with Crippen LogP contribution in [-0.2, 0) is 13.0 Å². The lowest BCUT2D eigenvalue weighted by Gasteiger charge is -2.18. The van der Waals surface area contributed by atoms with Gasteiger partial charge in [-0.05, 0) is 26.0 Å². The van der Waals surface area contributed by atoms with Crippen molar-refractivity contribution in [1.82, 2.24) is 14.9 Å². The van der Waals surface area contributed by atoms with Gasteiger partial charge in [0.2, 0.25) is 0 Å². The summed E-state index contributed by atoms with van der Waals surface area (Å²) in [6.07, 6.45) is 2.85. The number of hydrogen-bond donors (Lipinski definition) is 1. The third-order valence-corrected chi connectivity index (χ3v) is 3.58. The molecule has 1 aliphatic heterocycles. The van der Waals surface area contributed by atoms with E-state index in [9.17, 15) is 0 Å². The van der Waals surface area contributed by atoms with Crippen molar-refractivity contribution in [3.8, 4) is 17.2 Å². The highest BCUT2D eigenvalue weighted by Gasteiger charge is 2.18. The van der Waals surface area contributed by atoms with Gasteiger partial charge in [-0.1, -0.05) is 0 Å². The molecule has 1 aromatic heterocycles. The number of nitrogens with zero attached hydrogens (tertiary/aromatic N) is 2. The molecule has 21 heavy (non-hydrogen) atoms. The highest BCUT2D eigenvalue weighted by atomic mass is 16.5. The quantitative estimate of drug-likeness (QED) is 0.917. The van der Waals surface area contributed by atoms with Crippen LogP contribution in [0.4, 0.5) is 0 Å². The van der Waals surface area contributed by atoms with E-state index in [0.717, 1.165) is 42.4 Å². The molecule has 0 radical (unpaired) electrons. The van der Waals surface area contributed by atoms with Gasteiger partial charge < -0.3 is 14.8 Å². The maximum absolute atomic E-state index is 5.77. The third kappa shape index (κ3) is 2.74. The van der Waals surface area contributed by atoms with Gasteiger partial charge in [0.25, 0.3) is 0 Å². The second-order valence-electron chi connectivity index (χ2n) is 4.93. The molecule has 0 saturated carbocycles. The number of hydrogen-bond acceptors (Lipinski definition) is 4. The summed E-state index contributed by atoms with van der Waals surface area (Å²) < 4.78 is 13.5. The summed E-state index contributed by atoms with van der Waals surface area (Å²) in [6.45, 7) is 7.08. The Morgan fingerprint density at radius 2 is 2.10 bits per heavy atom. The van der Waals surface area contributed by atoms with E-state index in [1.165, 1.54) is 5.69 Å². The van der Waals surface area contributed by atoms with Crippen molar-refractivity contribution in [3.05, 3.63) is 35.9 Å². The van der Waals surface area contributed by atoms with Gasteiger partial charge in [-0.15, -0.1) is 0 Å². The minimum absolute atomic E-state index is 0.638. The Hall–Kier alpha value is -2.01. The Kier molecular flexibility index (Phi) is 4.10. The van der Waals surface area contributed by atoms with E-state index in [-0.39, 0.29) is 0 Å². The van der Waals surface area contributed by atoms with Crippen LogP contribution in [0.1, 0.15) is 25.2 Å². The van der Waals surface area contributed by atoms with Crippen molar-refractivity contribution in [2.75, 3.05) is 19.8 Å². The fourth-order valence-electron chi connectivity index (χ4n) is 2.66. The van der Waals surface area contributed by atoms with E-state index in [0.29, 0.717) is 13.2 Å². The smallest absolute Gasteiger partial charge is 0.143 e. The standard InChI is InChI=1S/C16H21N3O2/c1-3-20-12-5-6-16(21-4-2)15(9-12)19-11-18-13-10-17-8-7-14(13)19/h5-6,9,11,17H,3-4,7-8,10H2,1-2H3. The largest absolute Gasteiger partial charge is 0.494 e. The van der Waals surface area contributed by atoms with Crippen LogP contribution in [-0.4, -0.2) is 29.3 Å². The van der Waals surface area contributed by atoms with Gasteiger partial charge in [0, 0.05) is 31.3 Å². The lowest BCUT2D eigenvalue weighted by atomic mass is 10.1. The molecule has 112 valence electrons. The second kappa shape index (κ2) is 6.18. The van der Waals surface area contributed by atoms with Crippen LogP contribution in [0.25, 0.3) is 5.69 Å². The zero-order valence-electron chi connectivity index (χ0n) is 12.6. The highest BCUT2D eigenvalue weighted by molar-refractivity contribution is 5.52. The van der Waals surface area contributed by atoms with Crippen LogP contribution in [0.3, 0.4) is 0 Å². The molecular weight excluding hydrogens is 266 g/mol. The summed E-state index contributed by atoms with van der Waals surface area (Å²) in [6, 6.07) is 5.94. The fourth-order valence-corrected chi connectivity index (χ4v) is 2.66. The first kappa shape index (κ1) is 13.9. The molecule has 1 aliphatic rings. The van der Waals surface area contributed by atoms with Gasteiger partial charge in [0.15, 0.2) is 0 Å². The van der Waals surface area contributed by atoms with Gasteiger partial charge >= 0.3 is 0 Å². The first-order chi connectivity index (χ1) is 10.3. The lowest BCUT2D eigenvalue weighted by Crippen LogP contribution is -2.24. The summed E-state index contributed by atoms with van der Waals surface area (Å²) in [4.78, 5) is 4.51. The van der Waals surface area contributed by atoms with Crippen LogP contribution < -0.4 is 14.8 Å². The Morgan fingerprint density at radius 3 is 2.90 bits per heavy atom. The average molecular weight is 287 g/mol. The molecule has 0 atom stereocenters. The lowest BCUT2D eigenvalue weighted by molar-refractivity contribution is 0.329. The predicted molar refractivity (Wildman–Crippen MR) is 81.3 cm³/mol. The molecule has 0 saturated heterocycles. The minimum atomic E-state index is 0.638. The minimum Gasteiger partial charge on any atom is -0.494 e. The summed E-state index contributed by atoms with van der Waals surface area (Å²) in [5.74, 6) is 1.71. The third-order valence-electron chi connectivity index (χ3n) is 3.58. The Morgan fingerprint density at radius 1 is 1.24 bits per heavy atom. The van der Waals surface area contributed by atoms with Crippen molar-refractivity contribution in [1.29, 1.82) is 0 Å². The Labute approximate surface area is 124 Å². The summed E-state index contributed by atoms with van der Waals surface area (Å²) >= 11 is 0. The number of nitrogens with one attached hydrogen (secondary N) is 1.